The number of nitrogens with zero attached hydrogens (tertiary/aromatic N) is 2. The number of piperazine rings is 1. The van der Waals surface area contributed by atoms with Crippen LogP contribution in [-0.2, 0) is 9.59 Å². The molecule has 4 unspecified atom stereocenters. The summed E-state index contributed by atoms with van der Waals surface area (Å²) in [6.07, 6.45) is 4.75. The van der Waals surface area contributed by atoms with Gasteiger partial charge in [0.2, 0.25) is 5.91 Å². The molecule has 4 rings (SSSR count). The lowest BCUT2D eigenvalue weighted by Gasteiger charge is -2.38. The van der Waals surface area contributed by atoms with Crippen molar-refractivity contribution in [1.82, 2.24) is 4.90 Å². The topological polar surface area (TPSA) is 60.9 Å². The van der Waals surface area contributed by atoms with Crippen molar-refractivity contribution in [3.05, 3.63) is 42.2 Å². The van der Waals surface area contributed by atoms with E-state index in [4.69, 9.17) is 0 Å². The Morgan fingerprint density at radius 3 is 2.16 bits per heavy atom. The number of rotatable bonds is 3. The van der Waals surface area contributed by atoms with E-state index in [0.29, 0.717) is 26.2 Å². The monoisotopic (exact) mass is 344 g/mol. The maximum atomic E-state index is 13.0. The first-order valence-electron chi connectivity index (χ1n) is 8.75. The second-order valence-electron chi connectivity index (χ2n) is 7.13. The van der Waals surface area contributed by atoms with E-state index < -0.39 is 17.8 Å². The molecule has 1 aliphatic heterocycles. The minimum absolute atomic E-state index is 0.00282. The lowest BCUT2D eigenvalue weighted by molar-refractivity contribution is -0.151. The quantitative estimate of drug-likeness (QED) is 0.852. The number of hydrogen-bond donors (Lipinski definition) is 1. The zero-order valence-corrected chi connectivity index (χ0v) is 13.8. The van der Waals surface area contributed by atoms with Crippen molar-refractivity contribution in [3.63, 3.8) is 0 Å². The van der Waals surface area contributed by atoms with Gasteiger partial charge >= 0.3 is 5.97 Å². The number of carbonyl (C=O) groups is 2. The van der Waals surface area contributed by atoms with E-state index in [1.807, 2.05) is 12.2 Å². The van der Waals surface area contributed by atoms with Crippen molar-refractivity contribution in [2.45, 2.75) is 6.42 Å². The predicted molar refractivity (Wildman–Crippen MR) is 90.5 cm³/mol. The number of fused-ring (bicyclic) bond motifs is 2. The molecule has 0 spiro atoms. The van der Waals surface area contributed by atoms with Crippen molar-refractivity contribution in [2.75, 3.05) is 31.1 Å². The molecule has 1 heterocycles. The minimum atomic E-state index is -0.861. The highest BCUT2D eigenvalue weighted by Crippen LogP contribution is 2.48. The Kier molecular flexibility index (Phi) is 3.98. The second kappa shape index (κ2) is 6.17. The summed E-state index contributed by atoms with van der Waals surface area (Å²) in [4.78, 5) is 28.5. The van der Waals surface area contributed by atoms with E-state index in [0.717, 1.165) is 12.1 Å². The van der Waals surface area contributed by atoms with Crippen molar-refractivity contribution in [3.8, 4) is 0 Å². The number of hydrogen-bond acceptors (Lipinski definition) is 3. The normalized spacial score (nSPS) is 30.8. The first-order chi connectivity index (χ1) is 12.0. The molecule has 5 nitrogen and oxygen atoms in total. The van der Waals surface area contributed by atoms with Crippen LogP contribution < -0.4 is 4.90 Å². The molecule has 2 aliphatic carbocycles. The van der Waals surface area contributed by atoms with Crippen LogP contribution >= 0.6 is 0 Å². The van der Waals surface area contributed by atoms with Gasteiger partial charge in [-0.25, -0.2) is 4.39 Å². The molecule has 25 heavy (non-hydrogen) atoms. The van der Waals surface area contributed by atoms with Crippen molar-refractivity contribution < 1.29 is 19.1 Å². The van der Waals surface area contributed by atoms with Crippen LogP contribution in [0.25, 0.3) is 0 Å². The van der Waals surface area contributed by atoms with Gasteiger partial charge in [0, 0.05) is 31.9 Å². The third kappa shape index (κ3) is 2.79. The summed E-state index contributed by atoms with van der Waals surface area (Å²) in [5, 5.41) is 9.52. The van der Waals surface area contributed by atoms with E-state index in [2.05, 4.69) is 4.90 Å². The highest BCUT2D eigenvalue weighted by atomic mass is 19.1. The fourth-order valence-electron chi connectivity index (χ4n) is 4.54. The van der Waals surface area contributed by atoms with E-state index >= 15 is 0 Å². The molecule has 6 heteroatoms. The van der Waals surface area contributed by atoms with E-state index in [1.54, 1.807) is 17.0 Å². The predicted octanol–water partition coefficient (Wildman–Crippen LogP) is 2.00. The smallest absolute Gasteiger partial charge is 0.307 e. The lowest BCUT2D eigenvalue weighted by Crippen LogP contribution is -2.52. The van der Waals surface area contributed by atoms with Gasteiger partial charge in [-0.2, -0.15) is 0 Å². The number of carbonyl (C=O) groups excluding carboxylic acids is 1. The van der Waals surface area contributed by atoms with Crippen molar-refractivity contribution >= 4 is 17.6 Å². The highest BCUT2D eigenvalue weighted by molar-refractivity contribution is 5.87. The maximum absolute atomic E-state index is 13.0. The first-order valence-corrected chi connectivity index (χ1v) is 8.75. The van der Waals surface area contributed by atoms with Crippen LogP contribution in [0.1, 0.15) is 6.42 Å². The average molecular weight is 344 g/mol. The van der Waals surface area contributed by atoms with Gasteiger partial charge in [0.05, 0.1) is 11.8 Å². The summed E-state index contributed by atoms with van der Waals surface area (Å²) in [6, 6.07) is 6.36. The summed E-state index contributed by atoms with van der Waals surface area (Å²) >= 11 is 0. The fourth-order valence-corrected chi connectivity index (χ4v) is 4.54. The number of amides is 1. The Labute approximate surface area is 145 Å². The molecule has 1 saturated carbocycles. The summed E-state index contributed by atoms with van der Waals surface area (Å²) in [7, 11) is 0. The standard InChI is InChI=1S/C19H21FN2O3/c20-14-3-5-15(6-4-14)21-7-9-22(10-8-21)18(23)16-12-1-2-13(11-12)17(16)19(24)25/h1-6,12-13,16-17H,7-11H2,(H,24,25). The Hall–Kier alpha value is -2.37. The largest absolute Gasteiger partial charge is 0.481 e. The second-order valence-corrected chi connectivity index (χ2v) is 7.13. The summed E-state index contributed by atoms with van der Waals surface area (Å²) in [5.41, 5.74) is 0.944. The van der Waals surface area contributed by atoms with Gasteiger partial charge in [-0.3, -0.25) is 9.59 Å². The number of aliphatic carboxylic acids is 1. The number of carboxylic acid groups (broad SMARTS) is 1. The number of allylic oxidation sites excluding steroid dienone is 2. The summed E-state index contributed by atoms with van der Waals surface area (Å²) in [5.74, 6) is -2.10. The zero-order valence-electron chi connectivity index (χ0n) is 13.8. The molecule has 3 aliphatic rings. The molecule has 0 radical (unpaired) electrons. The molecule has 2 fully saturated rings. The van der Waals surface area contributed by atoms with Crippen LogP contribution in [0.4, 0.5) is 10.1 Å². The van der Waals surface area contributed by atoms with E-state index in [9.17, 15) is 19.1 Å². The number of halogens is 1. The van der Waals surface area contributed by atoms with Gasteiger partial charge in [0.15, 0.2) is 0 Å². The van der Waals surface area contributed by atoms with Gasteiger partial charge in [-0.05, 0) is 42.5 Å². The first kappa shape index (κ1) is 16.1. The van der Waals surface area contributed by atoms with Crippen LogP contribution in [0.5, 0.6) is 0 Å². The van der Waals surface area contributed by atoms with Crippen LogP contribution in [-0.4, -0.2) is 48.1 Å². The minimum Gasteiger partial charge on any atom is -0.481 e. The third-order valence-electron chi connectivity index (χ3n) is 5.81. The zero-order chi connectivity index (χ0) is 17.6. The van der Waals surface area contributed by atoms with Crippen LogP contribution in [0.2, 0.25) is 0 Å². The lowest BCUT2D eigenvalue weighted by atomic mass is 9.82. The maximum Gasteiger partial charge on any atom is 0.307 e. The van der Waals surface area contributed by atoms with E-state index in [-0.39, 0.29) is 23.6 Å². The Morgan fingerprint density at radius 1 is 0.960 bits per heavy atom. The molecular formula is C19H21FN2O3. The number of benzene rings is 1. The molecule has 2 bridgehead atoms. The Bertz CT molecular complexity index is 710. The van der Waals surface area contributed by atoms with Gasteiger partial charge < -0.3 is 14.9 Å². The Morgan fingerprint density at radius 2 is 1.56 bits per heavy atom. The molecule has 132 valence electrons. The van der Waals surface area contributed by atoms with Gasteiger partial charge in [0.25, 0.3) is 0 Å². The fraction of sp³-hybridized carbons (Fsp3) is 0.474. The van der Waals surface area contributed by atoms with Crippen LogP contribution in [0.3, 0.4) is 0 Å². The third-order valence-corrected chi connectivity index (χ3v) is 5.81. The average Bonchev–Trinajstić information content (AvgIpc) is 3.23. The molecule has 0 aromatic heterocycles. The highest BCUT2D eigenvalue weighted by Gasteiger charge is 2.52. The van der Waals surface area contributed by atoms with Crippen LogP contribution in [0.15, 0.2) is 36.4 Å². The molecule has 1 aromatic carbocycles. The number of carboxylic acids is 1. The SMILES string of the molecule is O=C(O)C1C2C=CC(C2)C1C(=O)N1CCN(c2ccc(F)cc2)CC1. The molecule has 1 aromatic rings. The molecule has 1 N–H and O–H groups in total. The van der Waals surface area contributed by atoms with Crippen LogP contribution in [0, 0.1) is 29.5 Å². The summed E-state index contributed by atoms with van der Waals surface area (Å²) < 4.78 is 13.0. The van der Waals surface area contributed by atoms with Gasteiger partial charge in [0.1, 0.15) is 5.82 Å². The molecular weight excluding hydrogens is 323 g/mol. The van der Waals surface area contributed by atoms with Crippen molar-refractivity contribution in [1.29, 1.82) is 0 Å². The van der Waals surface area contributed by atoms with E-state index in [1.165, 1.54) is 12.1 Å². The molecule has 4 atom stereocenters. The molecule has 1 saturated heterocycles. The van der Waals surface area contributed by atoms with Gasteiger partial charge in [-0.1, -0.05) is 12.2 Å². The Balaban J connectivity index is 1.42. The summed E-state index contributed by atoms with van der Waals surface area (Å²) in [6.45, 7) is 2.48. The van der Waals surface area contributed by atoms with Crippen molar-refractivity contribution in [2.24, 2.45) is 23.7 Å². The van der Waals surface area contributed by atoms with Gasteiger partial charge in [-0.15, -0.1) is 0 Å². The molecule has 1 amide bonds. The number of anilines is 1.